The van der Waals surface area contributed by atoms with Gasteiger partial charge in [0.15, 0.2) is 0 Å². The fourth-order valence-electron chi connectivity index (χ4n) is 2.93. The number of nitrogens with one attached hydrogen (secondary N) is 1. The zero-order chi connectivity index (χ0) is 17.5. The van der Waals surface area contributed by atoms with Crippen LogP contribution >= 0.6 is 11.8 Å². The predicted octanol–water partition coefficient (Wildman–Crippen LogP) is 2.42. The van der Waals surface area contributed by atoms with Gasteiger partial charge in [0.25, 0.3) is 5.56 Å². The number of fused-ring (bicyclic) bond motifs is 1. The molecule has 3 rings (SSSR count). The first-order chi connectivity index (χ1) is 12.2. The van der Waals surface area contributed by atoms with Gasteiger partial charge in [-0.1, -0.05) is 18.2 Å². The average molecular weight is 357 g/mol. The van der Waals surface area contributed by atoms with Crippen LogP contribution in [0.3, 0.4) is 0 Å². The van der Waals surface area contributed by atoms with Gasteiger partial charge >= 0.3 is 0 Å². The van der Waals surface area contributed by atoms with Crippen LogP contribution in [0.4, 0.5) is 0 Å². The van der Waals surface area contributed by atoms with Gasteiger partial charge in [-0.2, -0.15) is 5.10 Å². The Hall–Kier alpha value is -2.08. The molecule has 132 valence electrons. The molecule has 1 N–H and O–H groups in total. The third-order valence-electron chi connectivity index (χ3n) is 4.26. The van der Waals surface area contributed by atoms with Crippen LogP contribution in [0, 0.1) is 0 Å². The van der Waals surface area contributed by atoms with Crippen molar-refractivity contribution in [2.45, 2.75) is 43.5 Å². The topological polar surface area (TPSA) is 64.0 Å². The van der Waals surface area contributed by atoms with Crippen LogP contribution in [-0.2, 0) is 24.2 Å². The highest BCUT2D eigenvalue weighted by molar-refractivity contribution is 7.99. The van der Waals surface area contributed by atoms with Crippen molar-refractivity contribution in [1.29, 1.82) is 0 Å². The van der Waals surface area contributed by atoms with Crippen molar-refractivity contribution in [1.82, 2.24) is 15.1 Å². The van der Waals surface area contributed by atoms with Crippen LogP contribution < -0.4 is 10.9 Å². The summed E-state index contributed by atoms with van der Waals surface area (Å²) in [4.78, 5) is 25.2. The molecule has 0 spiro atoms. The fraction of sp³-hybridized carbons (Fsp3) is 0.421. The molecule has 25 heavy (non-hydrogen) atoms. The van der Waals surface area contributed by atoms with Gasteiger partial charge in [-0.15, -0.1) is 11.8 Å². The van der Waals surface area contributed by atoms with Crippen LogP contribution in [0.1, 0.15) is 30.5 Å². The van der Waals surface area contributed by atoms with Crippen LogP contribution in [0.5, 0.6) is 0 Å². The Labute approximate surface area is 151 Å². The second kappa shape index (κ2) is 8.85. The van der Waals surface area contributed by atoms with Crippen LogP contribution in [-0.4, -0.2) is 28.0 Å². The highest BCUT2D eigenvalue weighted by Crippen LogP contribution is 2.18. The molecule has 0 unspecified atom stereocenters. The van der Waals surface area contributed by atoms with Gasteiger partial charge in [0, 0.05) is 29.7 Å². The summed E-state index contributed by atoms with van der Waals surface area (Å²) in [7, 11) is 0. The van der Waals surface area contributed by atoms with E-state index in [1.54, 1.807) is 17.8 Å². The summed E-state index contributed by atoms with van der Waals surface area (Å²) in [5.74, 6) is 0.752. The van der Waals surface area contributed by atoms with Crippen molar-refractivity contribution in [3.05, 3.63) is 58.0 Å². The minimum atomic E-state index is -0.0745. The normalized spacial score (nSPS) is 13.3. The molecule has 0 bridgehead atoms. The van der Waals surface area contributed by atoms with E-state index in [-0.39, 0.29) is 11.5 Å². The first kappa shape index (κ1) is 17.7. The molecule has 1 amide bonds. The number of hydrogen-bond acceptors (Lipinski definition) is 4. The second-order valence-corrected chi connectivity index (χ2v) is 7.31. The summed E-state index contributed by atoms with van der Waals surface area (Å²) in [6, 6.07) is 11.7. The Balaban J connectivity index is 1.42. The smallest absolute Gasteiger partial charge is 0.267 e. The molecule has 0 saturated carbocycles. The zero-order valence-electron chi connectivity index (χ0n) is 14.2. The van der Waals surface area contributed by atoms with Gasteiger partial charge in [0.05, 0.1) is 12.2 Å². The molecule has 0 radical (unpaired) electrons. The monoisotopic (exact) mass is 357 g/mol. The molecule has 1 aliphatic rings. The van der Waals surface area contributed by atoms with E-state index in [1.807, 2.05) is 30.3 Å². The third-order valence-corrected chi connectivity index (χ3v) is 5.27. The van der Waals surface area contributed by atoms with E-state index in [1.165, 1.54) is 9.58 Å². The summed E-state index contributed by atoms with van der Waals surface area (Å²) < 4.78 is 1.48. The largest absolute Gasteiger partial charge is 0.354 e. The number of nitrogens with zero attached hydrogens (tertiary/aromatic N) is 2. The number of benzene rings is 1. The Morgan fingerprint density at radius 3 is 2.84 bits per heavy atom. The molecule has 1 aromatic heterocycles. The van der Waals surface area contributed by atoms with Crippen molar-refractivity contribution < 1.29 is 4.79 Å². The number of carbonyl (C=O) groups excluding carboxylic acids is 1. The number of rotatable bonds is 7. The van der Waals surface area contributed by atoms with Gasteiger partial charge in [-0.05, 0) is 43.4 Å². The Morgan fingerprint density at radius 1 is 1.20 bits per heavy atom. The van der Waals surface area contributed by atoms with E-state index in [2.05, 4.69) is 10.4 Å². The maximum Gasteiger partial charge on any atom is 0.267 e. The zero-order valence-corrected chi connectivity index (χ0v) is 15.1. The molecule has 1 aromatic carbocycles. The molecular weight excluding hydrogens is 334 g/mol. The number of carbonyl (C=O) groups is 1. The average Bonchev–Trinajstić information content (AvgIpc) is 2.63. The number of hydrogen-bond donors (Lipinski definition) is 1. The standard InChI is InChI=1S/C19H23N3O2S/c23-18(10-13-25-16-7-2-1-3-8-16)20-11-12-22-19(24)14-15-6-4-5-9-17(15)21-22/h1-3,7-8,14H,4-6,9-13H2,(H,20,23). The molecule has 2 aromatic rings. The number of amides is 1. The van der Waals surface area contributed by atoms with Gasteiger partial charge in [-0.25, -0.2) is 4.68 Å². The summed E-state index contributed by atoms with van der Waals surface area (Å²) in [5, 5.41) is 7.33. The van der Waals surface area contributed by atoms with Crippen LogP contribution in [0.25, 0.3) is 0 Å². The Kier molecular flexibility index (Phi) is 6.28. The van der Waals surface area contributed by atoms with Crippen molar-refractivity contribution in [3.8, 4) is 0 Å². The summed E-state index contributed by atoms with van der Waals surface area (Å²) in [5.41, 5.74) is 2.06. The predicted molar refractivity (Wildman–Crippen MR) is 99.9 cm³/mol. The maximum absolute atomic E-state index is 12.1. The second-order valence-electron chi connectivity index (χ2n) is 6.15. The lowest BCUT2D eigenvalue weighted by molar-refractivity contribution is -0.120. The molecule has 1 heterocycles. The summed E-state index contributed by atoms with van der Waals surface area (Å²) >= 11 is 1.67. The van der Waals surface area contributed by atoms with Gasteiger partial charge < -0.3 is 5.32 Å². The highest BCUT2D eigenvalue weighted by atomic mass is 32.2. The van der Waals surface area contributed by atoms with Crippen molar-refractivity contribution in [2.75, 3.05) is 12.3 Å². The van der Waals surface area contributed by atoms with E-state index in [4.69, 9.17) is 0 Å². The molecule has 0 atom stereocenters. The summed E-state index contributed by atoms with van der Waals surface area (Å²) in [6.45, 7) is 0.851. The molecule has 0 fully saturated rings. The number of aromatic nitrogens is 2. The molecule has 0 aliphatic heterocycles. The molecule has 6 heteroatoms. The highest BCUT2D eigenvalue weighted by Gasteiger charge is 2.13. The Bertz CT molecular complexity index is 774. The van der Waals surface area contributed by atoms with E-state index >= 15 is 0 Å². The minimum Gasteiger partial charge on any atom is -0.354 e. The van der Waals surface area contributed by atoms with E-state index in [0.717, 1.165) is 42.7 Å². The van der Waals surface area contributed by atoms with Crippen molar-refractivity contribution in [2.24, 2.45) is 0 Å². The minimum absolute atomic E-state index is 0.00874. The molecule has 5 nitrogen and oxygen atoms in total. The number of aryl methyl sites for hydroxylation is 2. The van der Waals surface area contributed by atoms with Crippen LogP contribution in [0.2, 0.25) is 0 Å². The van der Waals surface area contributed by atoms with Crippen molar-refractivity contribution >= 4 is 17.7 Å². The molecule has 0 saturated heterocycles. The first-order valence-corrected chi connectivity index (χ1v) is 9.75. The first-order valence-electron chi connectivity index (χ1n) is 8.77. The molecule has 1 aliphatic carbocycles. The maximum atomic E-state index is 12.1. The lowest BCUT2D eigenvalue weighted by atomic mass is 9.97. The van der Waals surface area contributed by atoms with Gasteiger partial charge in [0.1, 0.15) is 0 Å². The SMILES string of the molecule is O=C(CCSc1ccccc1)NCCn1nc2c(cc1=O)CCCC2. The van der Waals surface area contributed by atoms with Gasteiger partial charge in [0.2, 0.25) is 5.91 Å². The van der Waals surface area contributed by atoms with Gasteiger partial charge in [-0.3, -0.25) is 9.59 Å². The fourth-order valence-corrected chi connectivity index (χ4v) is 3.80. The van der Waals surface area contributed by atoms with Crippen molar-refractivity contribution in [3.63, 3.8) is 0 Å². The van der Waals surface area contributed by atoms with E-state index < -0.39 is 0 Å². The van der Waals surface area contributed by atoms with Crippen LogP contribution in [0.15, 0.2) is 46.1 Å². The third kappa shape index (κ3) is 5.19. The lowest BCUT2D eigenvalue weighted by Gasteiger charge is -2.16. The summed E-state index contributed by atoms with van der Waals surface area (Å²) in [6.07, 6.45) is 4.63. The molecular formula is C19H23N3O2S. The van der Waals surface area contributed by atoms with E-state index in [0.29, 0.717) is 19.5 Å². The quantitative estimate of drug-likeness (QED) is 0.773. The number of thioether (sulfide) groups is 1. The Morgan fingerprint density at radius 2 is 2.00 bits per heavy atom. The van der Waals surface area contributed by atoms with E-state index in [9.17, 15) is 9.59 Å². The lowest BCUT2D eigenvalue weighted by Crippen LogP contribution is -2.33.